The lowest BCUT2D eigenvalue weighted by atomic mass is 9.99. The minimum Gasteiger partial charge on any atom is -0.383 e. The summed E-state index contributed by atoms with van der Waals surface area (Å²) in [4.78, 5) is 0.961. The molecule has 0 aliphatic rings. The lowest BCUT2D eigenvalue weighted by Gasteiger charge is -2.14. The van der Waals surface area contributed by atoms with Crippen LogP contribution in [0.15, 0.2) is 23.6 Å². The maximum Gasteiger partial charge on any atom is 0.129 e. The monoisotopic (exact) mass is 264 g/mol. The molecule has 1 aromatic heterocycles. The van der Waals surface area contributed by atoms with Gasteiger partial charge in [0.05, 0.1) is 0 Å². The molecule has 0 aliphatic heterocycles. The first-order valence-electron chi connectivity index (χ1n) is 6.05. The van der Waals surface area contributed by atoms with E-state index in [2.05, 4.69) is 6.92 Å². The van der Waals surface area contributed by atoms with Crippen molar-refractivity contribution in [2.45, 2.75) is 33.3 Å². The van der Waals surface area contributed by atoms with Crippen LogP contribution in [-0.4, -0.2) is 5.11 Å². The summed E-state index contributed by atoms with van der Waals surface area (Å²) in [6, 6.07) is 5.49. The summed E-state index contributed by atoms with van der Waals surface area (Å²) in [6.45, 7) is 5.53. The summed E-state index contributed by atoms with van der Waals surface area (Å²) in [5.41, 5.74) is 3.09. The van der Waals surface area contributed by atoms with Gasteiger partial charge in [-0.1, -0.05) is 19.1 Å². The second-order valence-electron chi connectivity index (χ2n) is 4.53. The van der Waals surface area contributed by atoms with Crippen LogP contribution in [0.25, 0.3) is 0 Å². The highest BCUT2D eigenvalue weighted by Gasteiger charge is 2.17. The van der Waals surface area contributed by atoms with Crippen LogP contribution in [0.4, 0.5) is 4.39 Å². The number of aliphatic hydroxyl groups excluding tert-OH is 1. The average Bonchev–Trinajstić information content (AvgIpc) is 2.82. The molecule has 0 fully saturated rings. The van der Waals surface area contributed by atoms with Gasteiger partial charge in [0.2, 0.25) is 0 Å². The van der Waals surface area contributed by atoms with Gasteiger partial charge in [0.25, 0.3) is 0 Å². The van der Waals surface area contributed by atoms with Crippen molar-refractivity contribution in [3.05, 3.63) is 56.5 Å². The van der Waals surface area contributed by atoms with E-state index in [1.807, 2.05) is 11.4 Å². The molecule has 0 aliphatic carbocycles. The van der Waals surface area contributed by atoms with E-state index in [1.54, 1.807) is 37.3 Å². The summed E-state index contributed by atoms with van der Waals surface area (Å²) < 4.78 is 13.6. The van der Waals surface area contributed by atoms with E-state index in [0.717, 1.165) is 22.4 Å². The highest BCUT2D eigenvalue weighted by atomic mass is 32.1. The van der Waals surface area contributed by atoms with Gasteiger partial charge < -0.3 is 5.11 Å². The Morgan fingerprint density at radius 1 is 1.28 bits per heavy atom. The van der Waals surface area contributed by atoms with E-state index < -0.39 is 6.10 Å². The molecule has 18 heavy (non-hydrogen) atoms. The second-order valence-corrected chi connectivity index (χ2v) is 5.48. The number of hydrogen-bond donors (Lipinski definition) is 1. The Morgan fingerprint density at radius 3 is 2.44 bits per heavy atom. The SMILES string of the molecule is CCc1ccsc1C(O)c1cc(C)c(F)c(C)c1. The number of rotatable bonds is 3. The molecule has 0 amide bonds. The van der Waals surface area contributed by atoms with Crippen LogP contribution in [-0.2, 0) is 6.42 Å². The highest BCUT2D eigenvalue weighted by molar-refractivity contribution is 7.10. The van der Waals surface area contributed by atoms with Crippen LogP contribution in [0.1, 0.15) is 40.2 Å². The van der Waals surface area contributed by atoms with Crippen molar-refractivity contribution < 1.29 is 9.50 Å². The molecule has 2 rings (SSSR count). The zero-order valence-electron chi connectivity index (χ0n) is 10.8. The summed E-state index contributed by atoms with van der Waals surface area (Å²) in [7, 11) is 0. The van der Waals surface area contributed by atoms with Gasteiger partial charge in [-0.15, -0.1) is 11.3 Å². The Kier molecular flexibility index (Phi) is 3.83. The molecular weight excluding hydrogens is 247 g/mol. The van der Waals surface area contributed by atoms with E-state index in [1.165, 1.54) is 0 Å². The Bertz CT molecular complexity index is 536. The van der Waals surface area contributed by atoms with Gasteiger partial charge in [0.1, 0.15) is 11.9 Å². The fourth-order valence-electron chi connectivity index (χ4n) is 2.17. The molecule has 0 saturated carbocycles. The molecule has 0 bridgehead atoms. The molecule has 0 saturated heterocycles. The third kappa shape index (κ3) is 2.33. The second kappa shape index (κ2) is 5.21. The first kappa shape index (κ1) is 13.2. The van der Waals surface area contributed by atoms with Gasteiger partial charge >= 0.3 is 0 Å². The molecule has 1 nitrogen and oxygen atoms in total. The molecule has 1 unspecified atom stereocenters. The minimum atomic E-state index is -0.655. The fourth-order valence-corrected chi connectivity index (χ4v) is 3.18. The van der Waals surface area contributed by atoms with E-state index in [4.69, 9.17) is 0 Å². The van der Waals surface area contributed by atoms with E-state index in [0.29, 0.717) is 11.1 Å². The standard InChI is InChI=1S/C15H17FOS/c1-4-11-5-6-18-15(11)14(17)12-7-9(2)13(16)10(3)8-12/h5-8,14,17H,4H2,1-3H3. The van der Waals surface area contributed by atoms with Gasteiger partial charge in [-0.05, 0) is 54.0 Å². The van der Waals surface area contributed by atoms with Crippen LogP contribution >= 0.6 is 11.3 Å². The number of hydrogen-bond acceptors (Lipinski definition) is 2. The molecule has 2 aromatic rings. The third-order valence-corrected chi connectivity index (χ3v) is 4.20. The molecule has 1 N–H and O–H groups in total. The third-order valence-electron chi connectivity index (χ3n) is 3.18. The quantitative estimate of drug-likeness (QED) is 0.883. The number of halogens is 1. The van der Waals surface area contributed by atoms with Crippen LogP contribution in [0.2, 0.25) is 0 Å². The molecule has 0 radical (unpaired) electrons. The van der Waals surface area contributed by atoms with Crippen LogP contribution < -0.4 is 0 Å². The van der Waals surface area contributed by atoms with Crippen molar-refractivity contribution in [3.8, 4) is 0 Å². The van der Waals surface area contributed by atoms with Crippen LogP contribution in [0.5, 0.6) is 0 Å². The van der Waals surface area contributed by atoms with Gasteiger partial charge in [0.15, 0.2) is 0 Å². The van der Waals surface area contributed by atoms with Gasteiger partial charge in [-0.2, -0.15) is 0 Å². The van der Waals surface area contributed by atoms with Crippen molar-refractivity contribution in [2.24, 2.45) is 0 Å². The van der Waals surface area contributed by atoms with Gasteiger partial charge in [-0.3, -0.25) is 0 Å². The number of aryl methyl sites for hydroxylation is 3. The Balaban J connectivity index is 2.43. The Hall–Kier alpha value is -1.19. The lowest BCUT2D eigenvalue weighted by Crippen LogP contribution is -2.02. The number of thiophene rings is 1. The van der Waals surface area contributed by atoms with Gasteiger partial charge in [0, 0.05) is 4.88 Å². The van der Waals surface area contributed by atoms with E-state index >= 15 is 0 Å². The zero-order chi connectivity index (χ0) is 13.3. The van der Waals surface area contributed by atoms with Crippen molar-refractivity contribution in [1.29, 1.82) is 0 Å². The Morgan fingerprint density at radius 2 is 1.89 bits per heavy atom. The van der Waals surface area contributed by atoms with Crippen LogP contribution in [0.3, 0.4) is 0 Å². The Labute approximate surface area is 111 Å². The molecule has 1 aromatic carbocycles. The maximum absolute atomic E-state index is 13.6. The molecule has 96 valence electrons. The molecule has 0 spiro atoms. The number of benzene rings is 1. The van der Waals surface area contributed by atoms with Crippen LogP contribution in [0, 0.1) is 19.7 Å². The van der Waals surface area contributed by atoms with Gasteiger partial charge in [-0.25, -0.2) is 4.39 Å². The fraction of sp³-hybridized carbons (Fsp3) is 0.333. The van der Waals surface area contributed by atoms with Crippen molar-refractivity contribution in [1.82, 2.24) is 0 Å². The summed E-state index contributed by atoms with van der Waals surface area (Å²) in [5.74, 6) is -0.187. The molecule has 3 heteroatoms. The first-order valence-corrected chi connectivity index (χ1v) is 6.93. The largest absolute Gasteiger partial charge is 0.383 e. The smallest absolute Gasteiger partial charge is 0.129 e. The summed E-state index contributed by atoms with van der Waals surface area (Å²) >= 11 is 1.55. The van der Waals surface area contributed by atoms with Crippen molar-refractivity contribution in [3.63, 3.8) is 0 Å². The highest BCUT2D eigenvalue weighted by Crippen LogP contribution is 2.31. The first-order chi connectivity index (χ1) is 8.54. The van der Waals surface area contributed by atoms with Crippen molar-refractivity contribution in [2.75, 3.05) is 0 Å². The predicted octanol–water partition coefficient (Wildman–Crippen LogP) is 4.15. The number of aliphatic hydroxyl groups is 1. The summed E-state index contributed by atoms with van der Waals surface area (Å²) in [5, 5.41) is 12.4. The molecule has 1 atom stereocenters. The zero-order valence-corrected chi connectivity index (χ0v) is 11.6. The minimum absolute atomic E-state index is 0.187. The normalized spacial score (nSPS) is 12.7. The molecular formula is C15H17FOS. The van der Waals surface area contributed by atoms with Crippen molar-refractivity contribution >= 4 is 11.3 Å². The van der Waals surface area contributed by atoms with E-state index in [9.17, 15) is 9.50 Å². The predicted molar refractivity (Wildman–Crippen MR) is 73.6 cm³/mol. The summed E-state index contributed by atoms with van der Waals surface area (Å²) in [6.07, 6.45) is 0.243. The lowest BCUT2D eigenvalue weighted by molar-refractivity contribution is 0.223. The maximum atomic E-state index is 13.6. The van der Waals surface area contributed by atoms with E-state index in [-0.39, 0.29) is 5.82 Å². The topological polar surface area (TPSA) is 20.2 Å². The average molecular weight is 264 g/mol. The molecule has 1 heterocycles.